The first-order chi connectivity index (χ1) is 14.5. The Morgan fingerprint density at radius 1 is 0.933 bits per heavy atom. The zero-order valence-corrected chi connectivity index (χ0v) is 18.4. The lowest BCUT2D eigenvalue weighted by Crippen LogP contribution is -2.37. The first-order valence-corrected chi connectivity index (χ1v) is 12.1. The third-order valence-electron chi connectivity index (χ3n) is 4.48. The Labute approximate surface area is 181 Å². The SMILES string of the molecule is CCOC(=O)CN(c1ccccc1-c1ccccc1)S(=O)(=O)c1ccc(SC)cc1. The molecule has 0 radical (unpaired) electrons. The summed E-state index contributed by atoms with van der Waals surface area (Å²) in [6.45, 7) is 1.45. The van der Waals surface area contributed by atoms with Crippen LogP contribution in [0.1, 0.15) is 6.92 Å². The molecule has 3 rings (SSSR count). The number of hydrogen-bond acceptors (Lipinski definition) is 5. The Bertz CT molecular complexity index is 1100. The molecule has 3 aromatic carbocycles. The lowest BCUT2D eigenvalue weighted by molar-refractivity contribution is -0.141. The van der Waals surface area contributed by atoms with Crippen LogP contribution < -0.4 is 4.31 Å². The van der Waals surface area contributed by atoms with Crippen molar-refractivity contribution in [3.05, 3.63) is 78.9 Å². The fraction of sp³-hybridized carbons (Fsp3) is 0.174. The molecule has 7 heteroatoms. The normalized spacial score (nSPS) is 11.1. The fourth-order valence-electron chi connectivity index (χ4n) is 3.05. The summed E-state index contributed by atoms with van der Waals surface area (Å²) in [7, 11) is -4.00. The minimum Gasteiger partial charge on any atom is -0.465 e. The molecular weight excluding hydrogens is 418 g/mol. The molecule has 0 N–H and O–H groups in total. The number of anilines is 1. The molecule has 0 aliphatic carbocycles. The van der Waals surface area contributed by atoms with Gasteiger partial charge in [-0.1, -0.05) is 48.5 Å². The third kappa shape index (κ3) is 4.86. The highest BCUT2D eigenvalue weighted by Crippen LogP contribution is 2.34. The number of benzene rings is 3. The highest BCUT2D eigenvalue weighted by molar-refractivity contribution is 7.98. The van der Waals surface area contributed by atoms with Gasteiger partial charge in [0, 0.05) is 10.5 Å². The van der Waals surface area contributed by atoms with E-state index >= 15 is 0 Å². The molecule has 0 aliphatic heterocycles. The van der Waals surface area contributed by atoms with Crippen LogP contribution in [0.25, 0.3) is 11.1 Å². The summed E-state index contributed by atoms with van der Waals surface area (Å²) in [6.07, 6.45) is 1.92. The maximum absolute atomic E-state index is 13.6. The summed E-state index contributed by atoms with van der Waals surface area (Å²) in [5.74, 6) is -0.607. The summed E-state index contributed by atoms with van der Waals surface area (Å²) in [5, 5.41) is 0. The van der Waals surface area contributed by atoms with Crippen molar-refractivity contribution in [3.8, 4) is 11.1 Å². The van der Waals surface area contributed by atoms with Gasteiger partial charge in [0.25, 0.3) is 10.0 Å². The second-order valence-corrected chi connectivity index (χ2v) is 9.12. The molecule has 0 saturated carbocycles. The Hall–Kier alpha value is -2.77. The Balaban J connectivity index is 2.13. The number of sulfonamides is 1. The maximum Gasteiger partial charge on any atom is 0.326 e. The number of thioether (sulfide) groups is 1. The van der Waals surface area contributed by atoms with Gasteiger partial charge in [0.05, 0.1) is 17.2 Å². The number of ether oxygens (including phenoxy) is 1. The molecule has 0 spiro atoms. The molecule has 0 aliphatic rings. The number of carbonyl (C=O) groups is 1. The van der Waals surface area contributed by atoms with E-state index in [0.29, 0.717) is 11.3 Å². The average molecular weight is 442 g/mol. The summed E-state index contributed by atoms with van der Waals surface area (Å²) in [5.41, 5.74) is 1.99. The summed E-state index contributed by atoms with van der Waals surface area (Å²) >= 11 is 1.53. The zero-order chi connectivity index (χ0) is 21.6. The smallest absolute Gasteiger partial charge is 0.326 e. The molecule has 0 bridgehead atoms. The van der Waals surface area contributed by atoms with Gasteiger partial charge in [-0.05, 0) is 49.1 Å². The lowest BCUT2D eigenvalue weighted by Gasteiger charge is -2.26. The predicted molar refractivity (Wildman–Crippen MR) is 121 cm³/mol. The van der Waals surface area contributed by atoms with Crippen molar-refractivity contribution in [2.45, 2.75) is 16.7 Å². The molecule has 0 unspecified atom stereocenters. The van der Waals surface area contributed by atoms with Crippen LogP contribution in [0.5, 0.6) is 0 Å². The molecule has 30 heavy (non-hydrogen) atoms. The minimum atomic E-state index is -4.00. The van der Waals surface area contributed by atoms with Crippen LogP contribution in [0, 0.1) is 0 Å². The molecule has 0 fully saturated rings. The van der Waals surface area contributed by atoms with Crippen molar-refractivity contribution in [2.24, 2.45) is 0 Å². The van der Waals surface area contributed by atoms with E-state index in [1.807, 2.05) is 48.7 Å². The summed E-state index contributed by atoms with van der Waals surface area (Å²) in [6, 6.07) is 23.2. The van der Waals surface area contributed by atoms with Crippen molar-refractivity contribution < 1.29 is 17.9 Å². The van der Waals surface area contributed by atoms with Gasteiger partial charge in [0.1, 0.15) is 6.54 Å². The second-order valence-electron chi connectivity index (χ2n) is 6.38. The van der Waals surface area contributed by atoms with E-state index < -0.39 is 22.5 Å². The Morgan fingerprint density at radius 3 is 2.20 bits per heavy atom. The third-order valence-corrected chi connectivity index (χ3v) is 7.00. The van der Waals surface area contributed by atoms with Crippen molar-refractivity contribution in [1.29, 1.82) is 0 Å². The van der Waals surface area contributed by atoms with Crippen molar-refractivity contribution in [3.63, 3.8) is 0 Å². The fourth-order valence-corrected chi connectivity index (χ4v) is 4.89. The van der Waals surface area contributed by atoms with E-state index in [9.17, 15) is 13.2 Å². The molecule has 5 nitrogen and oxygen atoms in total. The monoisotopic (exact) mass is 441 g/mol. The number of carbonyl (C=O) groups excluding carboxylic acids is 1. The molecule has 0 atom stereocenters. The molecule has 0 amide bonds. The van der Waals surface area contributed by atoms with Crippen LogP contribution in [-0.2, 0) is 19.6 Å². The molecule has 0 heterocycles. The van der Waals surface area contributed by atoms with Gasteiger partial charge in [-0.3, -0.25) is 9.10 Å². The van der Waals surface area contributed by atoms with E-state index in [4.69, 9.17) is 4.74 Å². The molecule has 3 aromatic rings. The van der Waals surface area contributed by atoms with Gasteiger partial charge in [-0.25, -0.2) is 8.42 Å². The van der Waals surface area contributed by atoms with Crippen molar-refractivity contribution >= 4 is 33.4 Å². The van der Waals surface area contributed by atoms with Gasteiger partial charge in [0.15, 0.2) is 0 Å². The number of hydrogen-bond donors (Lipinski definition) is 0. The molecule has 0 saturated heterocycles. The lowest BCUT2D eigenvalue weighted by atomic mass is 10.0. The largest absolute Gasteiger partial charge is 0.465 e. The van der Waals surface area contributed by atoms with Gasteiger partial charge in [-0.15, -0.1) is 11.8 Å². The number of rotatable bonds is 8. The second kappa shape index (κ2) is 9.82. The Kier molecular flexibility index (Phi) is 7.18. The number of para-hydroxylation sites is 1. The van der Waals surface area contributed by atoms with Crippen molar-refractivity contribution in [1.82, 2.24) is 0 Å². The van der Waals surface area contributed by atoms with Gasteiger partial charge < -0.3 is 4.74 Å². The Morgan fingerprint density at radius 2 is 1.57 bits per heavy atom. The molecular formula is C23H23NO4S2. The molecule has 0 aromatic heterocycles. The van der Waals surface area contributed by atoms with E-state index in [-0.39, 0.29) is 11.5 Å². The predicted octanol–water partition coefficient (Wildman–Crippen LogP) is 4.83. The highest BCUT2D eigenvalue weighted by Gasteiger charge is 2.29. The zero-order valence-electron chi connectivity index (χ0n) is 16.8. The quantitative estimate of drug-likeness (QED) is 0.370. The van der Waals surface area contributed by atoms with Crippen LogP contribution in [0.3, 0.4) is 0 Å². The minimum absolute atomic E-state index is 0.118. The van der Waals surface area contributed by atoms with Crippen LogP contribution in [0.4, 0.5) is 5.69 Å². The van der Waals surface area contributed by atoms with Crippen molar-refractivity contribution in [2.75, 3.05) is 23.7 Å². The van der Waals surface area contributed by atoms with Crippen LogP contribution in [-0.4, -0.2) is 33.8 Å². The number of esters is 1. The standard InChI is InChI=1S/C23H23NO4S2/c1-3-28-23(25)17-24(30(26,27)20-15-13-19(29-2)14-16-20)22-12-8-7-11-21(22)18-9-5-4-6-10-18/h4-16H,3,17H2,1-2H3. The molecule has 156 valence electrons. The van der Waals surface area contributed by atoms with E-state index in [1.54, 1.807) is 43.3 Å². The van der Waals surface area contributed by atoms with Gasteiger partial charge >= 0.3 is 5.97 Å². The first kappa shape index (κ1) is 21.9. The van der Waals surface area contributed by atoms with Crippen LogP contribution in [0.2, 0.25) is 0 Å². The average Bonchev–Trinajstić information content (AvgIpc) is 2.78. The van der Waals surface area contributed by atoms with E-state index in [0.717, 1.165) is 14.8 Å². The number of nitrogens with zero attached hydrogens (tertiary/aromatic N) is 1. The maximum atomic E-state index is 13.6. The highest BCUT2D eigenvalue weighted by atomic mass is 32.2. The van der Waals surface area contributed by atoms with Gasteiger partial charge in [-0.2, -0.15) is 0 Å². The topological polar surface area (TPSA) is 63.7 Å². The van der Waals surface area contributed by atoms with E-state index in [1.165, 1.54) is 11.8 Å². The first-order valence-electron chi connectivity index (χ1n) is 9.44. The van der Waals surface area contributed by atoms with Crippen LogP contribution in [0.15, 0.2) is 88.7 Å². The summed E-state index contributed by atoms with van der Waals surface area (Å²) < 4.78 is 33.3. The summed E-state index contributed by atoms with van der Waals surface area (Å²) in [4.78, 5) is 13.4. The van der Waals surface area contributed by atoms with E-state index in [2.05, 4.69) is 0 Å². The van der Waals surface area contributed by atoms with Gasteiger partial charge in [0.2, 0.25) is 0 Å². The van der Waals surface area contributed by atoms with Crippen LogP contribution >= 0.6 is 11.8 Å².